The number of hydrogen-bond acceptors (Lipinski definition) is 4. The number of nitrogens with two attached hydrogens (primary N) is 1. The average molecular weight is 341 g/mol. The number of benzene rings is 2. The number of carbonyl (C=O) groups excluding carboxylic acids is 3. The molecule has 0 fully saturated rings. The van der Waals surface area contributed by atoms with Crippen LogP contribution >= 0.6 is 0 Å². The standard InChI is InChI=1S/C18H19N3O4/c1-12(22)21-15-6-2-13(3-7-15)10-20-18(24)14-4-8-16(9-5-14)25-11-17(19)23/h2-9H,10-11H2,1H3,(H2,19,23)(H,20,24)(H,21,22). The van der Waals surface area contributed by atoms with Crippen molar-refractivity contribution in [2.45, 2.75) is 13.5 Å². The van der Waals surface area contributed by atoms with Crippen LogP contribution in [0.2, 0.25) is 0 Å². The first-order valence-electron chi connectivity index (χ1n) is 7.60. The fourth-order valence-corrected chi connectivity index (χ4v) is 2.05. The maximum absolute atomic E-state index is 12.1. The number of ether oxygens (including phenoxy) is 1. The molecule has 130 valence electrons. The van der Waals surface area contributed by atoms with Crippen LogP contribution in [0, 0.1) is 0 Å². The van der Waals surface area contributed by atoms with Crippen molar-refractivity contribution in [3.63, 3.8) is 0 Å². The topological polar surface area (TPSA) is 111 Å². The summed E-state index contributed by atoms with van der Waals surface area (Å²) < 4.78 is 5.13. The Hall–Kier alpha value is -3.35. The molecule has 0 aliphatic rings. The number of amides is 3. The highest BCUT2D eigenvalue weighted by molar-refractivity contribution is 5.94. The van der Waals surface area contributed by atoms with Crippen LogP contribution in [0.15, 0.2) is 48.5 Å². The van der Waals surface area contributed by atoms with Gasteiger partial charge in [-0.1, -0.05) is 12.1 Å². The molecule has 25 heavy (non-hydrogen) atoms. The number of rotatable bonds is 7. The summed E-state index contributed by atoms with van der Waals surface area (Å²) in [5.74, 6) is -0.466. The molecular formula is C18H19N3O4. The number of carbonyl (C=O) groups is 3. The predicted octanol–water partition coefficient (Wildman–Crippen LogP) is 1.44. The molecule has 0 aliphatic carbocycles. The molecule has 7 nitrogen and oxygen atoms in total. The molecule has 0 spiro atoms. The monoisotopic (exact) mass is 341 g/mol. The molecule has 0 heterocycles. The van der Waals surface area contributed by atoms with E-state index < -0.39 is 5.91 Å². The van der Waals surface area contributed by atoms with E-state index in [1.807, 2.05) is 12.1 Å². The lowest BCUT2D eigenvalue weighted by atomic mass is 10.1. The quantitative estimate of drug-likeness (QED) is 0.707. The van der Waals surface area contributed by atoms with Gasteiger partial charge in [-0.25, -0.2) is 0 Å². The SMILES string of the molecule is CC(=O)Nc1ccc(CNC(=O)c2ccc(OCC(N)=O)cc2)cc1. The van der Waals surface area contributed by atoms with E-state index in [9.17, 15) is 14.4 Å². The van der Waals surface area contributed by atoms with E-state index in [2.05, 4.69) is 10.6 Å². The molecule has 2 aromatic carbocycles. The van der Waals surface area contributed by atoms with Crippen LogP contribution in [0.5, 0.6) is 5.75 Å². The van der Waals surface area contributed by atoms with Gasteiger partial charge in [-0.2, -0.15) is 0 Å². The van der Waals surface area contributed by atoms with Gasteiger partial charge in [0.25, 0.3) is 11.8 Å². The third kappa shape index (κ3) is 5.98. The van der Waals surface area contributed by atoms with Crippen molar-refractivity contribution in [1.29, 1.82) is 0 Å². The highest BCUT2D eigenvalue weighted by Crippen LogP contribution is 2.13. The van der Waals surface area contributed by atoms with Crippen LogP contribution in [0.1, 0.15) is 22.8 Å². The number of hydrogen-bond donors (Lipinski definition) is 3. The van der Waals surface area contributed by atoms with E-state index in [0.717, 1.165) is 5.56 Å². The smallest absolute Gasteiger partial charge is 0.255 e. The Labute approximate surface area is 145 Å². The van der Waals surface area contributed by atoms with Crippen LogP contribution in [0.3, 0.4) is 0 Å². The van der Waals surface area contributed by atoms with Gasteiger partial charge in [-0.3, -0.25) is 14.4 Å². The fraction of sp³-hybridized carbons (Fsp3) is 0.167. The van der Waals surface area contributed by atoms with Crippen LogP contribution in [-0.4, -0.2) is 24.3 Å². The molecule has 2 aromatic rings. The van der Waals surface area contributed by atoms with E-state index in [0.29, 0.717) is 23.5 Å². The lowest BCUT2D eigenvalue weighted by Gasteiger charge is -2.08. The zero-order valence-electron chi connectivity index (χ0n) is 13.7. The number of nitrogens with one attached hydrogen (secondary N) is 2. The molecular weight excluding hydrogens is 322 g/mol. The third-order valence-electron chi connectivity index (χ3n) is 3.22. The van der Waals surface area contributed by atoms with Crippen molar-refractivity contribution in [3.8, 4) is 5.75 Å². The molecule has 0 radical (unpaired) electrons. The summed E-state index contributed by atoms with van der Waals surface area (Å²) in [4.78, 5) is 33.7. The first-order valence-corrected chi connectivity index (χ1v) is 7.60. The van der Waals surface area contributed by atoms with Gasteiger partial charge in [-0.05, 0) is 42.0 Å². The van der Waals surface area contributed by atoms with Crippen LogP contribution in [0.4, 0.5) is 5.69 Å². The Kier molecular flexibility index (Phi) is 6.11. The highest BCUT2D eigenvalue weighted by Gasteiger charge is 2.06. The van der Waals surface area contributed by atoms with Gasteiger partial charge in [0.2, 0.25) is 5.91 Å². The van der Waals surface area contributed by atoms with Crippen molar-refractivity contribution in [1.82, 2.24) is 5.32 Å². The third-order valence-corrected chi connectivity index (χ3v) is 3.22. The summed E-state index contributed by atoms with van der Waals surface area (Å²) in [6.07, 6.45) is 0. The van der Waals surface area contributed by atoms with E-state index in [-0.39, 0.29) is 18.4 Å². The van der Waals surface area contributed by atoms with Gasteiger partial charge in [0.05, 0.1) is 0 Å². The summed E-state index contributed by atoms with van der Waals surface area (Å²) in [5.41, 5.74) is 7.08. The molecule has 0 aromatic heterocycles. The Balaban J connectivity index is 1.87. The molecule has 0 saturated heterocycles. The molecule has 0 bridgehead atoms. The second-order valence-electron chi connectivity index (χ2n) is 5.34. The minimum Gasteiger partial charge on any atom is -0.484 e. The molecule has 7 heteroatoms. The maximum Gasteiger partial charge on any atom is 0.255 e. The minimum atomic E-state index is -0.564. The van der Waals surface area contributed by atoms with Crippen molar-refractivity contribution in [2.24, 2.45) is 5.73 Å². The Bertz CT molecular complexity index is 755. The Morgan fingerprint density at radius 3 is 2.20 bits per heavy atom. The van der Waals surface area contributed by atoms with Crippen molar-refractivity contribution in [2.75, 3.05) is 11.9 Å². The largest absolute Gasteiger partial charge is 0.484 e. The zero-order valence-corrected chi connectivity index (χ0v) is 13.7. The van der Waals surface area contributed by atoms with Crippen LogP contribution in [-0.2, 0) is 16.1 Å². The summed E-state index contributed by atoms with van der Waals surface area (Å²) in [6.45, 7) is 1.59. The molecule has 4 N–H and O–H groups in total. The Morgan fingerprint density at radius 1 is 1.00 bits per heavy atom. The number of anilines is 1. The maximum atomic E-state index is 12.1. The minimum absolute atomic E-state index is 0.135. The van der Waals surface area contributed by atoms with E-state index in [1.54, 1.807) is 36.4 Å². The first kappa shape index (κ1) is 18.0. The van der Waals surface area contributed by atoms with Gasteiger partial charge in [0.15, 0.2) is 6.61 Å². The van der Waals surface area contributed by atoms with Gasteiger partial charge in [0, 0.05) is 24.7 Å². The number of primary amides is 1. The van der Waals surface area contributed by atoms with Gasteiger partial charge in [-0.15, -0.1) is 0 Å². The van der Waals surface area contributed by atoms with E-state index in [1.165, 1.54) is 6.92 Å². The van der Waals surface area contributed by atoms with Gasteiger partial charge < -0.3 is 21.1 Å². The second kappa shape index (κ2) is 8.49. The van der Waals surface area contributed by atoms with Crippen molar-refractivity contribution >= 4 is 23.4 Å². The Morgan fingerprint density at radius 2 is 1.64 bits per heavy atom. The van der Waals surface area contributed by atoms with Crippen molar-refractivity contribution in [3.05, 3.63) is 59.7 Å². The van der Waals surface area contributed by atoms with Crippen LogP contribution in [0.25, 0.3) is 0 Å². The van der Waals surface area contributed by atoms with E-state index in [4.69, 9.17) is 10.5 Å². The van der Waals surface area contributed by atoms with E-state index >= 15 is 0 Å². The predicted molar refractivity (Wildman–Crippen MR) is 93.0 cm³/mol. The van der Waals surface area contributed by atoms with Gasteiger partial charge in [0.1, 0.15) is 5.75 Å². The normalized spacial score (nSPS) is 9.96. The molecule has 0 aliphatic heterocycles. The average Bonchev–Trinajstić information content (AvgIpc) is 2.59. The summed E-state index contributed by atoms with van der Waals surface area (Å²) in [7, 11) is 0. The molecule has 0 saturated carbocycles. The first-order chi connectivity index (χ1) is 11.9. The fourth-order valence-electron chi connectivity index (χ4n) is 2.05. The molecule has 2 rings (SSSR count). The lowest BCUT2D eigenvalue weighted by Crippen LogP contribution is -2.23. The molecule has 3 amide bonds. The highest BCUT2D eigenvalue weighted by atomic mass is 16.5. The van der Waals surface area contributed by atoms with Crippen LogP contribution < -0.4 is 21.1 Å². The summed E-state index contributed by atoms with van der Waals surface area (Å²) >= 11 is 0. The summed E-state index contributed by atoms with van der Waals surface area (Å²) in [5, 5.41) is 5.48. The lowest BCUT2D eigenvalue weighted by molar-refractivity contribution is -0.120. The zero-order chi connectivity index (χ0) is 18.2. The second-order valence-corrected chi connectivity index (χ2v) is 5.34. The molecule has 0 unspecified atom stereocenters. The van der Waals surface area contributed by atoms with Gasteiger partial charge >= 0.3 is 0 Å². The molecule has 0 atom stereocenters. The summed E-state index contributed by atoms with van der Waals surface area (Å²) in [6, 6.07) is 13.6. The van der Waals surface area contributed by atoms with Crippen molar-refractivity contribution < 1.29 is 19.1 Å².